The standard InChI is InChI=1S/C15H18N4O/c1-19(2)15-13(7-4-8-17-15)18-14(20)10-11-5-3-6-12(16)9-11/h3-9H,10,16H2,1-2H3,(H,18,20). The van der Waals surface area contributed by atoms with Crippen LogP contribution in [-0.2, 0) is 11.2 Å². The predicted octanol–water partition coefficient (Wildman–Crippen LogP) is 1.91. The van der Waals surface area contributed by atoms with Gasteiger partial charge >= 0.3 is 0 Å². The van der Waals surface area contributed by atoms with E-state index >= 15 is 0 Å². The molecule has 0 aliphatic carbocycles. The van der Waals surface area contributed by atoms with Crippen LogP contribution >= 0.6 is 0 Å². The van der Waals surface area contributed by atoms with Crippen LogP contribution in [0.1, 0.15) is 5.56 Å². The monoisotopic (exact) mass is 270 g/mol. The van der Waals surface area contributed by atoms with Crippen LogP contribution in [0.2, 0.25) is 0 Å². The van der Waals surface area contributed by atoms with Crippen LogP contribution in [0.3, 0.4) is 0 Å². The first-order valence-electron chi connectivity index (χ1n) is 6.33. The number of benzene rings is 1. The number of anilines is 3. The lowest BCUT2D eigenvalue weighted by Crippen LogP contribution is -2.19. The Morgan fingerprint density at radius 2 is 2.10 bits per heavy atom. The largest absolute Gasteiger partial charge is 0.399 e. The van der Waals surface area contributed by atoms with Crippen molar-refractivity contribution < 1.29 is 4.79 Å². The zero-order chi connectivity index (χ0) is 14.5. The van der Waals surface area contributed by atoms with E-state index in [2.05, 4.69) is 10.3 Å². The Hall–Kier alpha value is -2.56. The maximum absolute atomic E-state index is 12.1. The molecule has 0 saturated heterocycles. The van der Waals surface area contributed by atoms with Crippen molar-refractivity contribution in [2.45, 2.75) is 6.42 Å². The maximum Gasteiger partial charge on any atom is 0.228 e. The molecule has 2 rings (SSSR count). The molecule has 0 unspecified atom stereocenters. The van der Waals surface area contributed by atoms with E-state index in [-0.39, 0.29) is 12.3 Å². The second-order valence-electron chi connectivity index (χ2n) is 4.74. The molecule has 3 N–H and O–H groups in total. The Kier molecular flexibility index (Phi) is 4.20. The van der Waals surface area contributed by atoms with Gasteiger partial charge in [-0.3, -0.25) is 4.79 Å². The summed E-state index contributed by atoms with van der Waals surface area (Å²) in [5, 5.41) is 2.88. The highest BCUT2D eigenvalue weighted by atomic mass is 16.1. The average molecular weight is 270 g/mol. The Bertz CT molecular complexity index is 610. The minimum atomic E-state index is -0.0910. The van der Waals surface area contributed by atoms with Crippen molar-refractivity contribution in [3.63, 3.8) is 0 Å². The summed E-state index contributed by atoms with van der Waals surface area (Å²) in [6.45, 7) is 0. The third-order valence-corrected chi connectivity index (χ3v) is 2.80. The fourth-order valence-corrected chi connectivity index (χ4v) is 1.93. The van der Waals surface area contributed by atoms with E-state index in [1.54, 1.807) is 24.4 Å². The summed E-state index contributed by atoms with van der Waals surface area (Å²) in [4.78, 5) is 18.2. The molecular formula is C15H18N4O. The molecule has 1 aromatic heterocycles. The number of carbonyl (C=O) groups excluding carboxylic acids is 1. The van der Waals surface area contributed by atoms with Gasteiger partial charge in [0.15, 0.2) is 5.82 Å². The van der Waals surface area contributed by atoms with Crippen molar-refractivity contribution >= 4 is 23.1 Å². The van der Waals surface area contributed by atoms with Crippen LogP contribution in [0, 0.1) is 0 Å². The number of rotatable bonds is 4. The van der Waals surface area contributed by atoms with Gasteiger partial charge in [-0.25, -0.2) is 4.98 Å². The van der Waals surface area contributed by atoms with Gasteiger partial charge in [0.25, 0.3) is 0 Å². The van der Waals surface area contributed by atoms with Crippen LogP contribution < -0.4 is 16.0 Å². The van der Waals surface area contributed by atoms with Crippen LogP contribution in [0.25, 0.3) is 0 Å². The average Bonchev–Trinajstić information content (AvgIpc) is 2.38. The summed E-state index contributed by atoms with van der Waals surface area (Å²) in [7, 11) is 3.77. The molecule has 0 aliphatic rings. The fraction of sp³-hybridized carbons (Fsp3) is 0.200. The van der Waals surface area contributed by atoms with Crippen molar-refractivity contribution in [2.24, 2.45) is 0 Å². The Balaban J connectivity index is 2.09. The molecule has 1 amide bonds. The van der Waals surface area contributed by atoms with Gasteiger partial charge in [0.05, 0.1) is 12.1 Å². The molecule has 0 saturated carbocycles. The second kappa shape index (κ2) is 6.06. The third-order valence-electron chi connectivity index (χ3n) is 2.80. The smallest absolute Gasteiger partial charge is 0.228 e. The van der Waals surface area contributed by atoms with Crippen LogP contribution in [0.4, 0.5) is 17.2 Å². The number of aromatic nitrogens is 1. The van der Waals surface area contributed by atoms with Crippen LogP contribution in [0.5, 0.6) is 0 Å². The highest BCUT2D eigenvalue weighted by Gasteiger charge is 2.09. The van der Waals surface area contributed by atoms with Crippen molar-refractivity contribution in [1.29, 1.82) is 0 Å². The first-order valence-corrected chi connectivity index (χ1v) is 6.33. The van der Waals surface area contributed by atoms with Crippen LogP contribution in [-0.4, -0.2) is 25.0 Å². The lowest BCUT2D eigenvalue weighted by atomic mass is 10.1. The van der Waals surface area contributed by atoms with Gasteiger partial charge in [0.1, 0.15) is 0 Å². The number of nitrogens with two attached hydrogens (primary N) is 1. The summed E-state index contributed by atoms with van der Waals surface area (Å²) < 4.78 is 0. The molecule has 20 heavy (non-hydrogen) atoms. The normalized spacial score (nSPS) is 10.1. The zero-order valence-electron chi connectivity index (χ0n) is 11.6. The number of carbonyl (C=O) groups is 1. The van der Waals surface area contributed by atoms with Gasteiger partial charge in [-0.05, 0) is 29.8 Å². The lowest BCUT2D eigenvalue weighted by molar-refractivity contribution is -0.115. The molecule has 1 heterocycles. The van der Waals surface area contributed by atoms with Gasteiger partial charge in [-0.15, -0.1) is 0 Å². The van der Waals surface area contributed by atoms with Gasteiger partial charge < -0.3 is 16.0 Å². The summed E-state index contributed by atoms with van der Waals surface area (Å²) >= 11 is 0. The van der Waals surface area contributed by atoms with E-state index in [9.17, 15) is 4.79 Å². The molecular weight excluding hydrogens is 252 g/mol. The van der Waals surface area contributed by atoms with E-state index in [1.807, 2.05) is 37.2 Å². The summed E-state index contributed by atoms with van der Waals surface area (Å²) in [6.07, 6.45) is 1.98. The van der Waals surface area contributed by atoms with Crippen molar-refractivity contribution in [2.75, 3.05) is 30.0 Å². The van der Waals surface area contributed by atoms with Gasteiger partial charge in [-0.1, -0.05) is 12.1 Å². The predicted molar refractivity (Wildman–Crippen MR) is 81.8 cm³/mol. The second-order valence-corrected chi connectivity index (χ2v) is 4.74. The number of hydrogen-bond donors (Lipinski definition) is 2. The highest BCUT2D eigenvalue weighted by molar-refractivity contribution is 5.94. The molecule has 5 nitrogen and oxygen atoms in total. The third kappa shape index (κ3) is 3.47. The number of pyridine rings is 1. The van der Waals surface area contributed by atoms with Crippen molar-refractivity contribution in [3.8, 4) is 0 Å². The zero-order valence-corrected chi connectivity index (χ0v) is 11.6. The highest BCUT2D eigenvalue weighted by Crippen LogP contribution is 2.20. The number of nitrogens with one attached hydrogen (secondary N) is 1. The van der Waals surface area contributed by atoms with Gasteiger partial charge in [-0.2, -0.15) is 0 Å². The summed E-state index contributed by atoms with van der Waals surface area (Å²) in [5.41, 5.74) is 7.95. The number of amides is 1. The molecule has 0 spiro atoms. The molecule has 5 heteroatoms. The molecule has 2 aromatic rings. The first kappa shape index (κ1) is 13.9. The summed E-state index contributed by atoms with van der Waals surface area (Å²) in [6, 6.07) is 10.9. The minimum Gasteiger partial charge on any atom is -0.399 e. The fourth-order valence-electron chi connectivity index (χ4n) is 1.93. The first-order chi connectivity index (χ1) is 9.56. The molecule has 104 valence electrons. The molecule has 0 aliphatic heterocycles. The van der Waals surface area contributed by atoms with E-state index in [0.717, 1.165) is 11.4 Å². The van der Waals surface area contributed by atoms with Crippen molar-refractivity contribution in [3.05, 3.63) is 48.2 Å². The quantitative estimate of drug-likeness (QED) is 0.833. The van der Waals surface area contributed by atoms with E-state index < -0.39 is 0 Å². The number of nitrogen functional groups attached to an aromatic ring is 1. The SMILES string of the molecule is CN(C)c1ncccc1NC(=O)Cc1cccc(N)c1. The van der Waals surface area contributed by atoms with E-state index in [1.165, 1.54) is 0 Å². The Labute approximate surface area is 118 Å². The molecule has 0 bridgehead atoms. The van der Waals surface area contributed by atoms with Crippen molar-refractivity contribution in [1.82, 2.24) is 4.98 Å². The molecule has 0 fully saturated rings. The Morgan fingerprint density at radius 3 is 2.80 bits per heavy atom. The number of nitrogens with zero attached hydrogens (tertiary/aromatic N) is 2. The van der Waals surface area contributed by atoms with E-state index in [0.29, 0.717) is 11.4 Å². The van der Waals surface area contributed by atoms with Gasteiger partial charge in [0.2, 0.25) is 5.91 Å². The Morgan fingerprint density at radius 1 is 1.30 bits per heavy atom. The lowest BCUT2D eigenvalue weighted by Gasteiger charge is -2.16. The minimum absolute atomic E-state index is 0.0910. The molecule has 0 atom stereocenters. The van der Waals surface area contributed by atoms with Gasteiger partial charge in [0, 0.05) is 26.0 Å². The maximum atomic E-state index is 12.1. The molecule has 0 radical (unpaired) electrons. The molecule has 1 aromatic carbocycles. The number of hydrogen-bond acceptors (Lipinski definition) is 4. The van der Waals surface area contributed by atoms with Crippen LogP contribution in [0.15, 0.2) is 42.6 Å². The van der Waals surface area contributed by atoms with E-state index in [4.69, 9.17) is 5.73 Å². The topological polar surface area (TPSA) is 71.2 Å². The summed E-state index contributed by atoms with van der Waals surface area (Å²) in [5.74, 6) is 0.639.